The van der Waals surface area contributed by atoms with Crippen LogP contribution in [0, 0.1) is 10.1 Å². The first-order chi connectivity index (χ1) is 8.56. The van der Waals surface area contributed by atoms with Crippen molar-refractivity contribution in [3.63, 3.8) is 0 Å². The summed E-state index contributed by atoms with van der Waals surface area (Å²) >= 11 is 3.21. The Morgan fingerprint density at radius 2 is 2.28 bits per heavy atom. The summed E-state index contributed by atoms with van der Waals surface area (Å²) in [6, 6.07) is 4.90. The highest BCUT2D eigenvalue weighted by Gasteiger charge is 2.21. The van der Waals surface area contributed by atoms with Crippen LogP contribution in [0.1, 0.15) is 12.8 Å². The Balaban J connectivity index is 2.13. The highest BCUT2D eigenvalue weighted by molar-refractivity contribution is 9.10. The van der Waals surface area contributed by atoms with Crippen molar-refractivity contribution in [2.45, 2.75) is 18.9 Å². The highest BCUT2D eigenvalue weighted by atomic mass is 79.9. The number of nitro groups is 1. The number of anilines is 1. The predicted octanol–water partition coefficient (Wildman–Crippen LogP) is 2.05. The van der Waals surface area contributed by atoms with E-state index in [2.05, 4.69) is 26.6 Å². The number of nitrogens with one attached hydrogen (secondary N) is 2. The molecular formula is C11H12BrN3O3. The zero-order chi connectivity index (χ0) is 13.1. The van der Waals surface area contributed by atoms with Gasteiger partial charge in [0.15, 0.2) is 0 Å². The molecule has 7 heteroatoms. The van der Waals surface area contributed by atoms with Crippen LogP contribution in [0.3, 0.4) is 0 Å². The minimum atomic E-state index is -0.422. The standard InChI is InChI=1S/C11H12BrN3O3/c12-7-1-3-9(10(5-7)15(17)18)14-8-2-4-11(16)13-6-8/h1,3,5,8,14H,2,4,6H2,(H,13,16). The van der Waals surface area contributed by atoms with Gasteiger partial charge >= 0.3 is 0 Å². The van der Waals surface area contributed by atoms with Gasteiger partial charge in [-0.2, -0.15) is 0 Å². The van der Waals surface area contributed by atoms with Crippen LogP contribution >= 0.6 is 15.9 Å². The number of hydrogen-bond acceptors (Lipinski definition) is 4. The Bertz CT molecular complexity index is 482. The topological polar surface area (TPSA) is 84.3 Å². The van der Waals surface area contributed by atoms with Gasteiger partial charge in [-0.1, -0.05) is 15.9 Å². The van der Waals surface area contributed by atoms with E-state index < -0.39 is 4.92 Å². The Kier molecular flexibility index (Phi) is 3.81. The molecule has 96 valence electrons. The number of halogens is 1. The summed E-state index contributed by atoms with van der Waals surface area (Å²) in [6.45, 7) is 0.492. The van der Waals surface area contributed by atoms with E-state index in [-0.39, 0.29) is 17.6 Å². The average Bonchev–Trinajstić information content (AvgIpc) is 2.34. The summed E-state index contributed by atoms with van der Waals surface area (Å²) < 4.78 is 0.664. The largest absolute Gasteiger partial charge is 0.375 e. The van der Waals surface area contributed by atoms with Crippen LogP contribution in [0.2, 0.25) is 0 Å². The van der Waals surface area contributed by atoms with Crippen LogP contribution in [-0.2, 0) is 4.79 Å². The number of piperidine rings is 1. The van der Waals surface area contributed by atoms with Crippen LogP contribution in [0.5, 0.6) is 0 Å². The number of carbonyl (C=O) groups excluding carboxylic acids is 1. The Hall–Kier alpha value is -1.63. The molecular weight excluding hydrogens is 302 g/mol. The molecule has 0 spiro atoms. The molecule has 0 aromatic heterocycles. The van der Waals surface area contributed by atoms with E-state index in [0.717, 1.165) is 0 Å². The third kappa shape index (κ3) is 2.98. The van der Waals surface area contributed by atoms with Crippen molar-refractivity contribution in [3.8, 4) is 0 Å². The molecule has 1 atom stereocenters. The molecule has 1 fully saturated rings. The zero-order valence-electron chi connectivity index (χ0n) is 9.48. The van der Waals surface area contributed by atoms with Gasteiger partial charge in [-0.3, -0.25) is 14.9 Å². The number of hydrogen-bond donors (Lipinski definition) is 2. The quantitative estimate of drug-likeness (QED) is 0.660. The maximum absolute atomic E-state index is 11.0. The molecule has 1 aliphatic heterocycles. The molecule has 18 heavy (non-hydrogen) atoms. The monoisotopic (exact) mass is 313 g/mol. The van der Waals surface area contributed by atoms with Gasteiger partial charge in [-0.05, 0) is 18.6 Å². The summed E-state index contributed by atoms with van der Waals surface area (Å²) in [7, 11) is 0. The summed E-state index contributed by atoms with van der Waals surface area (Å²) in [5.74, 6) is 0.0263. The van der Waals surface area contributed by atoms with E-state index >= 15 is 0 Å². The van der Waals surface area contributed by atoms with Crippen LogP contribution < -0.4 is 10.6 Å². The molecule has 0 saturated carbocycles. The van der Waals surface area contributed by atoms with Crippen molar-refractivity contribution in [3.05, 3.63) is 32.8 Å². The molecule has 1 aliphatic rings. The maximum Gasteiger partial charge on any atom is 0.293 e. The second-order valence-electron chi connectivity index (χ2n) is 4.10. The second kappa shape index (κ2) is 5.34. The van der Waals surface area contributed by atoms with Crippen LogP contribution in [0.15, 0.2) is 22.7 Å². The summed E-state index contributed by atoms with van der Waals surface area (Å²) in [5, 5.41) is 16.8. The van der Waals surface area contributed by atoms with E-state index in [9.17, 15) is 14.9 Å². The first-order valence-electron chi connectivity index (χ1n) is 5.53. The molecule has 1 unspecified atom stereocenters. The Morgan fingerprint density at radius 1 is 1.50 bits per heavy atom. The van der Waals surface area contributed by atoms with Crippen molar-refractivity contribution in [2.24, 2.45) is 0 Å². The molecule has 1 heterocycles. The lowest BCUT2D eigenvalue weighted by Crippen LogP contribution is -2.41. The minimum Gasteiger partial charge on any atom is -0.375 e. The fourth-order valence-corrected chi connectivity index (χ4v) is 2.20. The lowest BCUT2D eigenvalue weighted by Gasteiger charge is -2.24. The van der Waals surface area contributed by atoms with Gasteiger partial charge < -0.3 is 10.6 Å². The second-order valence-corrected chi connectivity index (χ2v) is 5.02. The summed E-state index contributed by atoms with van der Waals surface area (Å²) in [4.78, 5) is 21.5. The van der Waals surface area contributed by atoms with Crippen molar-refractivity contribution in [1.29, 1.82) is 0 Å². The fraction of sp³-hybridized carbons (Fsp3) is 0.364. The summed E-state index contributed by atoms with van der Waals surface area (Å²) in [6.07, 6.45) is 1.13. The lowest BCUT2D eigenvalue weighted by atomic mass is 10.1. The number of carbonyl (C=O) groups is 1. The van der Waals surface area contributed by atoms with Gasteiger partial charge in [-0.25, -0.2) is 0 Å². The highest BCUT2D eigenvalue weighted by Crippen LogP contribution is 2.29. The first kappa shape index (κ1) is 12.8. The fourth-order valence-electron chi connectivity index (χ4n) is 1.85. The van der Waals surface area contributed by atoms with Gasteiger partial charge in [0.2, 0.25) is 5.91 Å². The number of amides is 1. The minimum absolute atomic E-state index is 0.0263. The Morgan fingerprint density at radius 3 is 2.89 bits per heavy atom. The van der Waals surface area contributed by atoms with Gasteiger partial charge in [0.05, 0.1) is 4.92 Å². The molecule has 2 rings (SSSR count). The maximum atomic E-state index is 11.0. The SMILES string of the molecule is O=C1CCC(Nc2ccc(Br)cc2[N+](=O)[O-])CN1. The third-order valence-corrected chi connectivity index (χ3v) is 3.27. The van der Waals surface area contributed by atoms with Crippen LogP contribution in [0.4, 0.5) is 11.4 Å². The number of rotatable bonds is 3. The molecule has 0 bridgehead atoms. The molecule has 1 aromatic carbocycles. The number of nitro benzene ring substituents is 1. The average molecular weight is 314 g/mol. The van der Waals surface area contributed by atoms with E-state index in [4.69, 9.17) is 0 Å². The van der Waals surface area contributed by atoms with Crippen LogP contribution in [0.25, 0.3) is 0 Å². The van der Waals surface area contributed by atoms with Gasteiger partial charge in [0.25, 0.3) is 5.69 Å². The van der Waals surface area contributed by atoms with Gasteiger partial charge in [0, 0.05) is 29.5 Å². The van der Waals surface area contributed by atoms with E-state index in [1.807, 2.05) is 0 Å². The molecule has 2 N–H and O–H groups in total. The molecule has 0 aliphatic carbocycles. The Labute approximate surface area is 112 Å². The van der Waals surface area contributed by atoms with Crippen molar-refractivity contribution in [2.75, 3.05) is 11.9 Å². The lowest BCUT2D eigenvalue weighted by molar-refractivity contribution is -0.384. The molecule has 0 radical (unpaired) electrons. The normalized spacial score (nSPS) is 19.2. The number of nitrogens with zero attached hydrogens (tertiary/aromatic N) is 1. The van der Waals surface area contributed by atoms with Crippen molar-refractivity contribution < 1.29 is 9.72 Å². The molecule has 1 aromatic rings. The number of benzene rings is 1. The first-order valence-corrected chi connectivity index (χ1v) is 6.33. The summed E-state index contributed by atoms with van der Waals surface area (Å²) in [5.41, 5.74) is 0.505. The van der Waals surface area contributed by atoms with Gasteiger partial charge in [0.1, 0.15) is 5.69 Å². The third-order valence-electron chi connectivity index (χ3n) is 2.78. The zero-order valence-corrected chi connectivity index (χ0v) is 11.1. The van der Waals surface area contributed by atoms with Crippen molar-refractivity contribution >= 4 is 33.2 Å². The molecule has 1 amide bonds. The van der Waals surface area contributed by atoms with E-state index in [1.165, 1.54) is 6.07 Å². The smallest absolute Gasteiger partial charge is 0.293 e. The predicted molar refractivity (Wildman–Crippen MR) is 70.5 cm³/mol. The molecule has 6 nitrogen and oxygen atoms in total. The molecule has 1 saturated heterocycles. The van der Waals surface area contributed by atoms with E-state index in [1.54, 1.807) is 12.1 Å². The van der Waals surface area contributed by atoms with E-state index in [0.29, 0.717) is 29.5 Å². The van der Waals surface area contributed by atoms with Gasteiger partial charge in [-0.15, -0.1) is 0 Å². The van der Waals surface area contributed by atoms with Crippen molar-refractivity contribution in [1.82, 2.24) is 5.32 Å². The van der Waals surface area contributed by atoms with Crippen LogP contribution in [-0.4, -0.2) is 23.4 Å².